The summed E-state index contributed by atoms with van der Waals surface area (Å²) in [7, 11) is -0.495. The summed E-state index contributed by atoms with van der Waals surface area (Å²) < 4.78 is 40.5. The number of nitrogens with one attached hydrogen (secondary N) is 1. The molecule has 0 aliphatic carbocycles. The number of fused-ring (bicyclic) bond motifs is 1. The van der Waals surface area contributed by atoms with Crippen LogP contribution in [0.2, 0.25) is 0 Å². The summed E-state index contributed by atoms with van der Waals surface area (Å²) >= 11 is 1.46. The number of rotatable bonds is 7. The fourth-order valence-corrected chi connectivity index (χ4v) is 6.71. The Morgan fingerprint density at radius 1 is 1.03 bits per heavy atom. The van der Waals surface area contributed by atoms with Crippen molar-refractivity contribution >= 4 is 43.3 Å². The molecule has 0 spiro atoms. The van der Waals surface area contributed by atoms with Crippen LogP contribution in [0.5, 0.6) is 11.5 Å². The first-order chi connectivity index (χ1) is 17.8. The molecule has 0 atom stereocenters. The van der Waals surface area contributed by atoms with Gasteiger partial charge in [0.2, 0.25) is 21.1 Å². The highest BCUT2D eigenvalue weighted by atomic mass is 32.2. The minimum atomic E-state index is -3.64. The van der Waals surface area contributed by atoms with Gasteiger partial charge >= 0.3 is 0 Å². The number of benzene rings is 2. The van der Waals surface area contributed by atoms with E-state index in [0.717, 1.165) is 21.7 Å². The van der Waals surface area contributed by atoms with Gasteiger partial charge in [-0.05, 0) is 56.2 Å². The van der Waals surface area contributed by atoms with Gasteiger partial charge in [0, 0.05) is 31.1 Å². The number of aromatic nitrogens is 3. The lowest BCUT2D eigenvalue weighted by Gasteiger charge is -2.30. The van der Waals surface area contributed by atoms with E-state index >= 15 is 0 Å². The van der Waals surface area contributed by atoms with Gasteiger partial charge in [-0.3, -0.25) is 4.79 Å². The number of amides is 1. The van der Waals surface area contributed by atoms with Crippen LogP contribution in [0.25, 0.3) is 15.3 Å². The molecule has 1 amide bonds. The van der Waals surface area contributed by atoms with Crippen molar-refractivity contribution in [2.75, 3.05) is 32.6 Å². The molecule has 0 unspecified atom stereocenters. The lowest BCUT2D eigenvalue weighted by Crippen LogP contribution is -2.41. The zero-order chi connectivity index (χ0) is 26.2. The molecule has 37 heavy (non-hydrogen) atoms. The first kappa shape index (κ1) is 25.2. The summed E-state index contributed by atoms with van der Waals surface area (Å²) in [4.78, 5) is 18.0. The highest BCUT2D eigenvalue weighted by Gasteiger charge is 2.32. The highest BCUT2D eigenvalue weighted by molar-refractivity contribution is 7.89. The molecule has 0 saturated carbocycles. The SMILES string of the molecule is COc1ccc(S(=O)(=O)N2CCC(C(=O)Nc3cc(C)nn3-c3nc4cc(OC)ccc4s3)CC2)cc1. The maximum absolute atomic E-state index is 13.1. The summed E-state index contributed by atoms with van der Waals surface area (Å²) in [6, 6.07) is 13.8. The molecule has 5 rings (SSSR count). The summed E-state index contributed by atoms with van der Waals surface area (Å²) in [5, 5.41) is 8.15. The standard InChI is InChI=1S/C25H27N5O5S2/c1-16-14-23(30(28-16)25-26-21-15-19(35-3)6-9-22(21)36-25)27-24(31)17-10-12-29(13-11-17)37(32,33)20-7-4-18(34-2)5-8-20/h4-9,14-15,17H,10-13H2,1-3H3,(H,27,31). The summed E-state index contributed by atoms with van der Waals surface area (Å²) in [5.74, 6) is 1.36. The molecule has 0 bridgehead atoms. The third kappa shape index (κ3) is 5.04. The van der Waals surface area contributed by atoms with E-state index in [-0.39, 0.29) is 29.8 Å². The minimum Gasteiger partial charge on any atom is -0.497 e. The number of sulfonamides is 1. The number of carbonyl (C=O) groups excluding carboxylic acids is 1. The average molecular weight is 542 g/mol. The van der Waals surface area contributed by atoms with Gasteiger partial charge < -0.3 is 14.8 Å². The molecule has 1 aliphatic heterocycles. The van der Waals surface area contributed by atoms with Crippen molar-refractivity contribution in [3.63, 3.8) is 0 Å². The lowest BCUT2D eigenvalue weighted by atomic mass is 9.97. The Hall–Kier alpha value is -3.48. The molecule has 2 aromatic heterocycles. The van der Waals surface area contributed by atoms with Crippen LogP contribution in [0.15, 0.2) is 53.4 Å². The fourth-order valence-electron chi connectivity index (χ4n) is 4.33. The summed E-state index contributed by atoms with van der Waals surface area (Å²) in [6.07, 6.45) is 0.852. The molecule has 12 heteroatoms. The molecule has 194 valence electrons. The van der Waals surface area contributed by atoms with Crippen molar-refractivity contribution in [3.05, 3.63) is 54.2 Å². The van der Waals surface area contributed by atoms with Crippen LogP contribution >= 0.6 is 11.3 Å². The van der Waals surface area contributed by atoms with Gasteiger partial charge in [-0.2, -0.15) is 14.1 Å². The van der Waals surface area contributed by atoms with Crippen molar-refractivity contribution < 1.29 is 22.7 Å². The fraction of sp³-hybridized carbons (Fsp3) is 0.320. The van der Waals surface area contributed by atoms with Crippen LogP contribution in [-0.2, 0) is 14.8 Å². The Labute approximate surface area is 218 Å². The quantitative estimate of drug-likeness (QED) is 0.378. The van der Waals surface area contributed by atoms with Crippen molar-refractivity contribution in [2.24, 2.45) is 5.92 Å². The van der Waals surface area contributed by atoms with Crippen molar-refractivity contribution in [1.29, 1.82) is 0 Å². The molecule has 3 heterocycles. The first-order valence-corrected chi connectivity index (χ1v) is 14.0. The third-order valence-corrected chi connectivity index (χ3v) is 9.29. The van der Waals surface area contributed by atoms with Crippen molar-refractivity contribution in [1.82, 2.24) is 19.1 Å². The van der Waals surface area contributed by atoms with Crippen LogP contribution in [0.4, 0.5) is 5.82 Å². The number of carbonyl (C=O) groups is 1. The van der Waals surface area contributed by atoms with Gasteiger partial charge in [0.25, 0.3) is 0 Å². The first-order valence-electron chi connectivity index (χ1n) is 11.7. The lowest BCUT2D eigenvalue weighted by molar-refractivity contribution is -0.120. The number of nitrogens with zero attached hydrogens (tertiary/aromatic N) is 4. The zero-order valence-corrected chi connectivity index (χ0v) is 22.3. The molecule has 10 nitrogen and oxygen atoms in total. The number of anilines is 1. The van der Waals surface area contributed by atoms with Gasteiger partial charge in [-0.25, -0.2) is 13.4 Å². The van der Waals surface area contributed by atoms with E-state index in [9.17, 15) is 13.2 Å². The van der Waals surface area contributed by atoms with Gasteiger partial charge in [-0.15, -0.1) is 0 Å². The topological polar surface area (TPSA) is 116 Å². The van der Waals surface area contributed by atoms with E-state index in [1.165, 1.54) is 34.9 Å². The monoisotopic (exact) mass is 541 g/mol. The van der Waals surface area contributed by atoms with Crippen LogP contribution in [-0.4, -0.2) is 60.7 Å². The normalized spacial score (nSPS) is 15.1. The van der Waals surface area contributed by atoms with E-state index in [1.807, 2.05) is 25.1 Å². The molecular weight excluding hydrogens is 514 g/mol. The van der Waals surface area contributed by atoms with E-state index in [2.05, 4.69) is 15.4 Å². The maximum Gasteiger partial charge on any atom is 0.243 e. The highest BCUT2D eigenvalue weighted by Crippen LogP contribution is 2.31. The van der Waals surface area contributed by atoms with Crippen molar-refractivity contribution in [3.8, 4) is 16.6 Å². The third-order valence-electron chi connectivity index (χ3n) is 6.37. The average Bonchev–Trinajstić information content (AvgIpc) is 3.50. The Kier molecular flexibility index (Phi) is 6.88. The zero-order valence-electron chi connectivity index (χ0n) is 20.7. The Morgan fingerprint density at radius 3 is 2.38 bits per heavy atom. The van der Waals surface area contributed by atoms with E-state index in [4.69, 9.17) is 9.47 Å². The Morgan fingerprint density at radius 2 is 1.70 bits per heavy atom. The number of aryl methyl sites for hydroxylation is 1. The Balaban J connectivity index is 1.27. The second-order valence-electron chi connectivity index (χ2n) is 8.76. The summed E-state index contributed by atoms with van der Waals surface area (Å²) in [5.41, 5.74) is 1.53. The smallest absolute Gasteiger partial charge is 0.243 e. The number of piperidine rings is 1. The number of methoxy groups -OCH3 is 2. The van der Waals surface area contributed by atoms with Crippen LogP contribution in [0.3, 0.4) is 0 Å². The van der Waals surface area contributed by atoms with E-state index in [1.54, 1.807) is 30.0 Å². The molecule has 1 fully saturated rings. The van der Waals surface area contributed by atoms with Crippen LogP contribution in [0.1, 0.15) is 18.5 Å². The number of hydrogen-bond acceptors (Lipinski definition) is 8. The molecule has 2 aromatic carbocycles. The van der Waals surface area contributed by atoms with E-state index in [0.29, 0.717) is 29.5 Å². The molecule has 1 aliphatic rings. The van der Waals surface area contributed by atoms with Gasteiger partial charge in [-0.1, -0.05) is 11.3 Å². The summed E-state index contributed by atoms with van der Waals surface area (Å²) in [6.45, 7) is 2.39. The molecule has 1 N–H and O–H groups in total. The molecule has 0 radical (unpaired) electrons. The Bertz CT molecular complexity index is 1540. The predicted molar refractivity (Wildman–Crippen MR) is 141 cm³/mol. The van der Waals surface area contributed by atoms with Crippen LogP contribution < -0.4 is 14.8 Å². The number of hydrogen-bond donors (Lipinski definition) is 1. The van der Waals surface area contributed by atoms with E-state index < -0.39 is 10.0 Å². The largest absolute Gasteiger partial charge is 0.497 e. The number of thiazole rings is 1. The molecular formula is C25H27N5O5S2. The van der Waals surface area contributed by atoms with Crippen LogP contribution in [0, 0.1) is 12.8 Å². The second kappa shape index (κ2) is 10.1. The van der Waals surface area contributed by atoms with Gasteiger partial charge in [0.1, 0.15) is 17.3 Å². The van der Waals surface area contributed by atoms with Gasteiger partial charge in [0.15, 0.2) is 0 Å². The van der Waals surface area contributed by atoms with Crippen molar-refractivity contribution in [2.45, 2.75) is 24.7 Å². The second-order valence-corrected chi connectivity index (χ2v) is 11.7. The van der Waals surface area contributed by atoms with Gasteiger partial charge in [0.05, 0.1) is 35.0 Å². The maximum atomic E-state index is 13.1. The minimum absolute atomic E-state index is 0.162. The molecule has 1 saturated heterocycles. The predicted octanol–water partition coefficient (Wildman–Crippen LogP) is 3.85. The molecule has 4 aromatic rings. The number of ether oxygens (including phenoxy) is 2.